The topological polar surface area (TPSA) is 46.5 Å². The summed E-state index contributed by atoms with van der Waals surface area (Å²) < 4.78 is 5.17. The Morgan fingerprint density at radius 2 is 2.15 bits per heavy atom. The number of carboxylic acid groups (broad SMARTS) is 1. The van der Waals surface area contributed by atoms with Gasteiger partial charge in [0.15, 0.2) is 0 Å². The molecule has 1 aliphatic carbocycles. The molecule has 3 nitrogen and oxygen atoms in total. The van der Waals surface area contributed by atoms with Gasteiger partial charge in [-0.2, -0.15) is 0 Å². The first-order valence-electron chi connectivity index (χ1n) is 7.73. The van der Waals surface area contributed by atoms with Gasteiger partial charge in [-0.3, -0.25) is 4.79 Å². The normalized spacial score (nSPS) is 25.6. The monoisotopic (exact) mass is 280 g/mol. The van der Waals surface area contributed by atoms with E-state index in [1.807, 2.05) is 12.2 Å². The van der Waals surface area contributed by atoms with Crippen LogP contribution in [0, 0.1) is 11.3 Å². The lowest BCUT2D eigenvalue weighted by Gasteiger charge is -2.38. The lowest BCUT2D eigenvalue weighted by molar-refractivity contribution is -0.149. The van der Waals surface area contributed by atoms with Crippen LogP contribution in [0.1, 0.15) is 52.4 Å². The number of carbonyl (C=O) groups is 1. The molecule has 0 saturated heterocycles. The molecular weight excluding hydrogens is 252 g/mol. The maximum atomic E-state index is 12.0. The summed E-state index contributed by atoms with van der Waals surface area (Å²) in [5.74, 6) is -0.569. The number of methoxy groups -OCH3 is 1. The highest BCUT2D eigenvalue weighted by molar-refractivity contribution is 5.79. The van der Waals surface area contributed by atoms with Crippen molar-refractivity contribution in [3.63, 3.8) is 0 Å². The van der Waals surface area contributed by atoms with Gasteiger partial charge in [0.2, 0.25) is 0 Å². The summed E-state index contributed by atoms with van der Waals surface area (Å²) in [6.07, 6.45) is 11.4. The number of unbranched alkanes of at least 4 members (excludes halogenated alkanes) is 1. The Bertz CT molecular complexity index is 370. The fourth-order valence-corrected chi connectivity index (χ4v) is 3.17. The third kappa shape index (κ3) is 3.72. The summed E-state index contributed by atoms with van der Waals surface area (Å²) in [5, 5.41) is 9.85. The molecule has 2 unspecified atom stereocenters. The van der Waals surface area contributed by atoms with Crippen molar-refractivity contribution in [1.29, 1.82) is 0 Å². The van der Waals surface area contributed by atoms with Crippen LogP contribution in [0.25, 0.3) is 0 Å². The van der Waals surface area contributed by atoms with Crippen molar-refractivity contribution in [3.05, 3.63) is 23.8 Å². The van der Waals surface area contributed by atoms with E-state index in [-0.39, 0.29) is 5.92 Å². The average molecular weight is 280 g/mol. The van der Waals surface area contributed by atoms with Gasteiger partial charge in [-0.05, 0) is 25.2 Å². The molecule has 0 heterocycles. The van der Waals surface area contributed by atoms with Crippen molar-refractivity contribution < 1.29 is 14.6 Å². The van der Waals surface area contributed by atoms with Crippen LogP contribution in [-0.4, -0.2) is 24.8 Å². The van der Waals surface area contributed by atoms with E-state index < -0.39 is 11.4 Å². The summed E-state index contributed by atoms with van der Waals surface area (Å²) >= 11 is 0. The van der Waals surface area contributed by atoms with Crippen LogP contribution in [0.2, 0.25) is 0 Å². The third-order valence-electron chi connectivity index (χ3n) is 4.29. The number of carboxylic acids is 1. The van der Waals surface area contributed by atoms with E-state index in [4.69, 9.17) is 4.74 Å². The van der Waals surface area contributed by atoms with Gasteiger partial charge in [0.1, 0.15) is 0 Å². The van der Waals surface area contributed by atoms with Gasteiger partial charge in [0.25, 0.3) is 0 Å². The van der Waals surface area contributed by atoms with Gasteiger partial charge in [0, 0.05) is 13.7 Å². The Kier molecular flexibility index (Phi) is 7.00. The van der Waals surface area contributed by atoms with E-state index in [0.717, 1.165) is 38.5 Å². The first-order chi connectivity index (χ1) is 9.62. The largest absolute Gasteiger partial charge is 0.481 e. The standard InChI is InChI=1S/C17H28O3/c1-4-6-11-17(16(18)19)12-7-9-14(10-13-20-3)15(17)8-5-2/h7,9,12,15H,4-6,8,10-11,13H2,1-3H3,(H,18,19). The van der Waals surface area contributed by atoms with Crippen molar-refractivity contribution in [2.75, 3.05) is 13.7 Å². The molecule has 0 bridgehead atoms. The molecule has 0 amide bonds. The minimum atomic E-state index is -0.718. The van der Waals surface area contributed by atoms with Gasteiger partial charge in [-0.1, -0.05) is 56.9 Å². The summed E-state index contributed by atoms with van der Waals surface area (Å²) in [6.45, 7) is 4.89. The molecule has 0 aromatic heterocycles. The van der Waals surface area contributed by atoms with Gasteiger partial charge in [-0.25, -0.2) is 0 Å². The lowest BCUT2D eigenvalue weighted by atomic mass is 9.64. The van der Waals surface area contributed by atoms with E-state index in [1.165, 1.54) is 5.57 Å². The SMILES string of the molecule is CCCCC1(C(=O)O)C=CC=C(CCOC)C1CCC. The molecule has 0 radical (unpaired) electrons. The zero-order valence-corrected chi connectivity index (χ0v) is 13.0. The smallest absolute Gasteiger partial charge is 0.314 e. The second kappa shape index (κ2) is 8.25. The quantitative estimate of drug-likeness (QED) is 0.688. The van der Waals surface area contributed by atoms with Crippen LogP contribution >= 0.6 is 0 Å². The van der Waals surface area contributed by atoms with Crippen molar-refractivity contribution in [2.45, 2.75) is 52.4 Å². The zero-order chi connectivity index (χ0) is 15.0. The molecule has 0 fully saturated rings. The molecule has 3 heteroatoms. The molecule has 0 spiro atoms. The van der Waals surface area contributed by atoms with Crippen molar-refractivity contribution in [2.24, 2.45) is 11.3 Å². The first kappa shape index (κ1) is 17.0. The highest BCUT2D eigenvalue weighted by Crippen LogP contribution is 2.45. The fraction of sp³-hybridized carbons (Fsp3) is 0.706. The molecule has 2 atom stereocenters. The molecule has 1 N–H and O–H groups in total. The number of aliphatic carboxylic acids is 1. The predicted molar refractivity (Wildman–Crippen MR) is 81.7 cm³/mol. The van der Waals surface area contributed by atoms with E-state index in [0.29, 0.717) is 6.61 Å². The van der Waals surface area contributed by atoms with E-state index >= 15 is 0 Å². The summed E-state index contributed by atoms with van der Waals surface area (Å²) in [6, 6.07) is 0. The molecule has 1 aliphatic rings. The van der Waals surface area contributed by atoms with Gasteiger partial charge < -0.3 is 9.84 Å². The van der Waals surface area contributed by atoms with Crippen molar-refractivity contribution >= 4 is 5.97 Å². The molecule has 1 rings (SSSR count). The Hall–Kier alpha value is -1.09. The Labute approximate surface area is 122 Å². The second-order valence-corrected chi connectivity index (χ2v) is 5.63. The summed E-state index contributed by atoms with van der Waals surface area (Å²) in [5.41, 5.74) is 0.513. The number of hydrogen-bond acceptors (Lipinski definition) is 2. The fourth-order valence-electron chi connectivity index (χ4n) is 3.17. The summed E-state index contributed by atoms with van der Waals surface area (Å²) in [4.78, 5) is 12.0. The second-order valence-electron chi connectivity index (χ2n) is 5.63. The minimum absolute atomic E-state index is 0.108. The molecule has 0 saturated carbocycles. The van der Waals surface area contributed by atoms with Gasteiger partial charge in [-0.15, -0.1) is 0 Å². The zero-order valence-electron chi connectivity index (χ0n) is 13.0. The number of hydrogen-bond donors (Lipinski definition) is 1. The Morgan fingerprint density at radius 3 is 2.70 bits per heavy atom. The summed E-state index contributed by atoms with van der Waals surface area (Å²) in [7, 11) is 1.69. The van der Waals surface area contributed by atoms with E-state index in [2.05, 4.69) is 19.9 Å². The predicted octanol–water partition coefficient (Wildman–Crippen LogP) is 4.20. The van der Waals surface area contributed by atoms with Gasteiger partial charge in [0.05, 0.1) is 5.41 Å². The van der Waals surface area contributed by atoms with Crippen LogP contribution in [0.4, 0.5) is 0 Å². The third-order valence-corrected chi connectivity index (χ3v) is 4.29. The van der Waals surface area contributed by atoms with Crippen LogP contribution in [0.5, 0.6) is 0 Å². The molecule has 20 heavy (non-hydrogen) atoms. The first-order valence-corrected chi connectivity index (χ1v) is 7.73. The molecular formula is C17H28O3. The highest BCUT2D eigenvalue weighted by atomic mass is 16.5. The molecule has 0 aliphatic heterocycles. The average Bonchev–Trinajstić information content (AvgIpc) is 2.44. The van der Waals surface area contributed by atoms with Crippen molar-refractivity contribution in [1.82, 2.24) is 0 Å². The number of ether oxygens (including phenoxy) is 1. The van der Waals surface area contributed by atoms with Crippen LogP contribution in [0.15, 0.2) is 23.8 Å². The van der Waals surface area contributed by atoms with Crippen LogP contribution in [0.3, 0.4) is 0 Å². The van der Waals surface area contributed by atoms with E-state index in [1.54, 1.807) is 7.11 Å². The van der Waals surface area contributed by atoms with Crippen LogP contribution in [-0.2, 0) is 9.53 Å². The maximum absolute atomic E-state index is 12.0. The van der Waals surface area contributed by atoms with Crippen LogP contribution < -0.4 is 0 Å². The lowest BCUT2D eigenvalue weighted by Crippen LogP contribution is -2.39. The minimum Gasteiger partial charge on any atom is -0.481 e. The highest BCUT2D eigenvalue weighted by Gasteiger charge is 2.45. The van der Waals surface area contributed by atoms with Crippen molar-refractivity contribution in [3.8, 4) is 0 Å². The maximum Gasteiger partial charge on any atom is 0.314 e. The molecule has 0 aromatic carbocycles. The number of rotatable bonds is 9. The van der Waals surface area contributed by atoms with Gasteiger partial charge >= 0.3 is 5.97 Å². The molecule has 114 valence electrons. The number of allylic oxidation sites excluding steroid dienone is 2. The Balaban J connectivity index is 3.04. The Morgan fingerprint density at radius 1 is 1.40 bits per heavy atom. The molecule has 0 aromatic rings. The van der Waals surface area contributed by atoms with E-state index in [9.17, 15) is 9.90 Å².